The van der Waals surface area contributed by atoms with Crippen LogP contribution in [0.15, 0.2) is 18.2 Å². The van der Waals surface area contributed by atoms with E-state index in [1.165, 1.54) is 0 Å². The van der Waals surface area contributed by atoms with Crippen molar-refractivity contribution in [3.8, 4) is 0 Å². The predicted molar refractivity (Wildman–Crippen MR) is 74.3 cm³/mol. The number of piperazine rings is 1. The van der Waals surface area contributed by atoms with Crippen LogP contribution in [-0.2, 0) is 0 Å². The van der Waals surface area contributed by atoms with Gasteiger partial charge in [0.15, 0.2) is 0 Å². The zero-order chi connectivity index (χ0) is 13.0. The average Bonchev–Trinajstić information content (AvgIpc) is 2.39. The second-order valence-electron chi connectivity index (χ2n) is 4.21. The Balaban J connectivity index is 2.21. The van der Waals surface area contributed by atoms with Crippen molar-refractivity contribution < 1.29 is 4.79 Å². The number of nitrogens with two attached hydrogens (primary N) is 1. The first-order valence-electron chi connectivity index (χ1n) is 6.04. The molecule has 0 unspecified atom stereocenters. The lowest BCUT2D eigenvalue weighted by Gasteiger charge is -2.31. The molecule has 6 nitrogen and oxygen atoms in total. The van der Waals surface area contributed by atoms with Crippen LogP contribution in [0.25, 0.3) is 0 Å². The van der Waals surface area contributed by atoms with Gasteiger partial charge in [-0.05, 0) is 18.2 Å². The molecular formula is C12H19N5O. The van der Waals surface area contributed by atoms with E-state index in [0.29, 0.717) is 5.69 Å². The standard InChI is InChI=1S/C12H19N5O/c1-14-10-8-9(16-12(13)18)2-3-11(10)17-6-4-15-5-7-17/h2-3,8,14-15H,4-7H2,1H3,(H3,13,16,18). The third-order valence-electron chi connectivity index (χ3n) is 2.99. The van der Waals surface area contributed by atoms with Gasteiger partial charge in [-0.2, -0.15) is 0 Å². The number of primary amides is 1. The van der Waals surface area contributed by atoms with Crippen LogP contribution in [0.1, 0.15) is 0 Å². The Morgan fingerprint density at radius 3 is 2.72 bits per heavy atom. The molecule has 0 aromatic heterocycles. The zero-order valence-corrected chi connectivity index (χ0v) is 10.5. The molecule has 1 heterocycles. The lowest BCUT2D eigenvalue weighted by Crippen LogP contribution is -2.43. The van der Waals surface area contributed by atoms with Gasteiger partial charge in [0.25, 0.3) is 0 Å². The van der Waals surface area contributed by atoms with Gasteiger partial charge in [0.05, 0.1) is 11.4 Å². The molecule has 0 bridgehead atoms. The van der Waals surface area contributed by atoms with Gasteiger partial charge in [-0.25, -0.2) is 4.79 Å². The lowest BCUT2D eigenvalue weighted by atomic mass is 10.2. The number of benzene rings is 1. The maximum Gasteiger partial charge on any atom is 0.316 e. The fourth-order valence-corrected chi connectivity index (χ4v) is 2.14. The van der Waals surface area contributed by atoms with Gasteiger partial charge in [-0.3, -0.25) is 0 Å². The number of carbonyl (C=O) groups excluding carboxylic acids is 1. The fourth-order valence-electron chi connectivity index (χ4n) is 2.14. The average molecular weight is 249 g/mol. The Labute approximate surface area is 107 Å². The van der Waals surface area contributed by atoms with E-state index in [2.05, 4.69) is 20.9 Å². The van der Waals surface area contributed by atoms with Crippen molar-refractivity contribution in [2.75, 3.05) is 48.8 Å². The molecule has 2 amide bonds. The van der Waals surface area contributed by atoms with Gasteiger partial charge in [0.2, 0.25) is 0 Å². The van der Waals surface area contributed by atoms with Crippen molar-refractivity contribution in [3.05, 3.63) is 18.2 Å². The smallest absolute Gasteiger partial charge is 0.316 e. The first-order valence-corrected chi connectivity index (χ1v) is 6.04. The number of hydrogen-bond donors (Lipinski definition) is 4. The number of nitrogens with zero attached hydrogens (tertiary/aromatic N) is 1. The van der Waals surface area contributed by atoms with Crippen molar-refractivity contribution >= 4 is 23.1 Å². The lowest BCUT2D eigenvalue weighted by molar-refractivity contribution is 0.259. The molecule has 1 aromatic rings. The van der Waals surface area contributed by atoms with E-state index in [0.717, 1.165) is 37.6 Å². The van der Waals surface area contributed by atoms with Crippen LogP contribution in [0.3, 0.4) is 0 Å². The van der Waals surface area contributed by atoms with Gasteiger partial charge in [-0.15, -0.1) is 0 Å². The summed E-state index contributed by atoms with van der Waals surface area (Å²) >= 11 is 0. The van der Waals surface area contributed by atoms with Gasteiger partial charge >= 0.3 is 6.03 Å². The van der Waals surface area contributed by atoms with E-state index in [4.69, 9.17) is 5.73 Å². The summed E-state index contributed by atoms with van der Waals surface area (Å²) in [6.45, 7) is 3.95. The molecule has 1 aromatic carbocycles. The van der Waals surface area contributed by atoms with Crippen LogP contribution in [0.2, 0.25) is 0 Å². The highest BCUT2D eigenvalue weighted by Crippen LogP contribution is 2.29. The van der Waals surface area contributed by atoms with Crippen molar-refractivity contribution in [1.82, 2.24) is 5.32 Å². The van der Waals surface area contributed by atoms with E-state index in [-0.39, 0.29) is 0 Å². The monoisotopic (exact) mass is 249 g/mol. The number of hydrogen-bond acceptors (Lipinski definition) is 4. The second-order valence-corrected chi connectivity index (χ2v) is 4.21. The van der Waals surface area contributed by atoms with Crippen LogP contribution in [0, 0.1) is 0 Å². The number of urea groups is 1. The Bertz CT molecular complexity index is 428. The Kier molecular flexibility index (Phi) is 3.88. The number of carbonyl (C=O) groups is 1. The highest BCUT2D eigenvalue weighted by Gasteiger charge is 2.14. The minimum atomic E-state index is -0.549. The van der Waals surface area contributed by atoms with E-state index in [9.17, 15) is 4.79 Å². The number of anilines is 3. The first kappa shape index (κ1) is 12.5. The van der Waals surface area contributed by atoms with Crippen molar-refractivity contribution in [2.45, 2.75) is 0 Å². The van der Waals surface area contributed by atoms with Crippen molar-refractivity contribution in [3.63, 3.8) is 0 Å². The Morgan fingerprint density at radius 2 is 2.11 bits per heavy atom. The molecule has 0 saturated carbocycles. The highest BCUT2D eigenvalue weighted by molar-refractivity contribution is 5.89. The van der Waals surface area contributed by atoms with E-state index < -0.39 is 6.03 Å². The van der Waals surface area contributed by atoms with Crippen LogP contribution in [-0.4, -0.2) is 39.3 Å². The Morgan fingerprint density at radius 1 is 1.39 bits per heavy atom. The van der Waals surface area contributed by atoms with E-state index >= 15 is 0 Å². The third kappa shape index (κ3) is 2.84. The quantitative estimate of drug-likeness (QED) is 0.633. The summed E-state index contributed by atoms with van der Waals surface area (Å²) in [6, 6.07) is 5.21. The van der Waals surface area contributed by atoms with Crippen LogP contribution in [0.5, 0.6) is 0 Å². The van der Waals surface area contributed by atoms with Gasteiger partial charge in [0.1, 0.15) is 0 Å². The number of nitrogens with one attached hydrogen (secondary N) is 3. The fraction of sp³-hybridized carbons (Fsp3) is 0.417. The largest absolute Gasteiger partial charge is 0.386 e. The molecular weight excluding hydrogens is 230 g/mol. The molecule has 1 fully saturated rings. The van der Waals surface area contributed by atoms with Crippen molar-refractivity contribution in [1.29, 1.82) is 0 Å². The molecule has 0 radical (unpaired) electrons. The second kappa shape index (κ2) is 5.59. The van der Waals surface area contributed by atoms with Crippen LogP contribution in [0.4, 0.5) is 21.9 Å². The summed E-state index contributed by atoms with van der Waals surface area (Å²) in [5.41, 5.74) is 7.94. The molecule has 0 atom stereocenters. The van der Waals surface area contributed by atoms with Gasteiger partial charge in [-0.1, -0.05) is 0 Å². The van der Waals surface area contributed by atoms with E-state index in [1.807, 2.05) is 25.2 Å². The summed E-state index contributed by atoms with van der Waals surface area (Å²) < 4.78 is 0. The highest BCUT2D eigenvalue weighted by atomic mass is 16.2. The molecule has 18 heavy (non-hydrogen) atoms. The summed E-state index contributed by atoms with van der Waals surface area (Å²) in [7, 11) is 1.87. The van der Waals surface area contributed by atoms with Crippen LogP contribution >= 0.6 is 0 Å². The molecule has 98 valence electrons. The molecule has 5 N–H and O–H groups in total. The Hall–Kier alpha value is -1.95. The number of amides is 2. The summed E-state index contributed by atoms with van der Waals surface area (Å²) in [4.78, 5) is 13.1. The summed E-state index contributed by atoms with van der Waals surface area (Å²) in [5.74, 6) is 0. The molecule has 1 aliphatic heterocycles. The normalized spacial score (nSPS) is 15.3. The minimum Gasteiger partial charge on any atom is -0.386 e. The maximum atomic E-state index is 10.8. The maximum absolute atomic E-state index is 10.8. The van der Waals surface area contributed by atoms with Gasteiger partial charge in [0, 0.05) is 38.9 Å². The van der Waals surface area contributed by atoms with E-state index in [1.54, 1.807) is 0 Å². The third-order valence-corrected chi connectivity index (χ3v) is 2.99. The molecule has 0 aliphatic carbocycles. The van der Waals surface area contributed by atoms with Crippen LogP contribution < -0.4 is 26.6 Å². The summed E-state index contributed by atoms with van der Waals surface area (Å²) in [5, 5.41) is 9.05. The molecule has 1 saturated heterocycles. The first-order chi connectivity index (χ1) is 8.70. The topological polar surface area (TPSA) is 82.4 Å². The molecule has 6 heteroatoms. The zero-order valence-electron chi connectivity index (χ0n) is 10.5. The SMILES string of the molecule is CNc1cc(NC(N)=O)ccc1N1CCNCC1. The molecule has 0 spiro atoms. The molecule has 1 aliphatic rings. The molecule has 2 rings (SSSR count). The predicted octanol–water partition coefficient (Wildman–Crippen LogP) is 0.628. The van der Waals surface area contributed by atoms with Crippen molar-refractivity contribution in [2.24, 2.45) is 5.73 Å². The van der Waals surface area contributed by atoms with Gasteiger partial charge < -0.3 is 26.6 Å². The number of rotatable bonds is 3. The summed E-state index contributed by atoms with van der Waals surface area (Å²) in [6.07, 6.45) is 0. The minimum absolute atomic E-state index is 0.549.